The number of carbonyl (C=O) groups is 1. The number of hydrogen-bond acceptors (Lipinski definition) is 5. The van der Waals surface area contributed by atoms with E-state index in [-0.39, 0.29) is 5.91 Å². The Morgan fingerprint density at radius 1 is 0.968 bits per heavy atom. The Balaban J connectivity index is 1.60. The van der Waals surface area contributed by atoms with Crippen molar-refractivity contribution in [2.24, 2.45) is 0 Å². The van der Waals surface area contributed by atoms with Crippen molar-refractivity contribution in [2.75, 3.05) is 42.5 Å². The van der Waals surface area contributed by atoms with Gasteiger partial charge in [-0.05, 0) is 25.0 Å². The van der Waals surface area contributed by atoms with Gasteiger partial charge in [0.25, 0.3) is 5.91 Å². The van der Waals surface area contributed by atoms with Crippen molar-refractivity contribution < 1.29 is 4.79 Å². The molecule has 4 rings (SSSR count). The van der Waals surface area contributed by atoms with E-state index in [0.29, 0.717) is 23.8 Å². The number of hydrogen-bond donors (Lipinski definition) is 1. The van der Waals surface area contributed by atoms with Crippen LogP contribution in [-0.4, -0.2) is 48.6 Å². The number of piperazine rings is 1. The van der Waals surface area contributed by atoms with E-state index in [1.165, 1.54) is 11.3 Å². The molecule has 1 aromatic heterocycles. The molecule has 1 amide bonds. The molecule has 0 atom stereocenters. The number of aromatic nitrogens is 2. The SMILES string of the molecule is CCCNC(=O)c1cnc(-c2ccccc2)nc1N1CCN(c2ccccc2C)CC1. The first-order chi connectivity index (χ1) is 15.2. The molecule has 6 heteroatoms. The Bertz CT molecular complexity index is 1030. The van der Waals surface area contributed by atoms with Gasteiger partial charge in [0, 0.05) is 50.2 Å². The second-order valence-corrected chi connectivity index (χ2v) is 7.81. The van der Waals surface area contributed by atoms with Gasteiger partial charge in [-0.15, -0.1) is 0 Å². The Morgan fingerprint density at radius 3 is 2.35 bits per heavy atom. The molecule has 3 aromatic rings. The van der Waals surface area contributed by atoms with E-state index in [1.807, 2.05) is 37.3 Å². The van der Waals surface area contributed by atoms with E-state index in [9.17, 15) is 4.79 Å². The second-order valence-electron chi connectivity index (χ2n) is 7.81. The number of anilines is 2. The van der Waals surface area contributed by atoms with Gasteiger partial charge in [0.15, 0.2) is 5.82 Å². The van der Waals surface area contributed by atoms with Crippen molar-refractivity contribution in [2.45, 2.75) is 20.3 Å². The lowest BCUT2D eigenvalue weighted by Crippen LogP contribution is -2.47. The highest BCUT2D eigenvalue weighted by atomic mass is 16.1. The average molecular weight is 416 g/mol. The molecule has 1 N–H and O–H groups in total. The van der Waals surface area contributed by atoms with E-state index >= 15 is 0 Å². The zero-order valence-electron chi connectivity index (χ0n) is 18.2. The minimum atomic E-state index is -0.113. The van der Waals surface area contributed by atoms with Gasteiger partial charge in [-0.3, -0.25) is 4.79 Å². The minimum Gasteiger partial charge on any atom is -0.368 e. The lowest BCUT2D eigenvalue weighted by molar-refractivity contribution is 0.0953. The fourth-order valence-electron chi connectivity index (χ4n) is 3.91. The average Bonchev–Trinajstić information content (AvgIpc) is 2.83. The van der Waals surface area contributed by atoms with Crippen molar-refractivity contribution in [3.8, 4) is 11.4 Å². The van der Waals surface area contributed by atoms with Crippen molar-refractivity contribution in [1.82, 2.24) is 15.3 Å². The standard InChI is InChI=1S/C25H29N5O/c1-3-13-26-25(31)21-18-27-23(20-10-5-4-6-11-20)28-24(21)30-16-14-29(15-17-30)22-12-8-7-9-19(22)2/h4-12,18H,3,13-17H2,1-2H3,(H,26,31). The molecule has 6 nitrogen and oxygen atoms in total. The number of nitrogens with one attached hydrogen (secondary N) is 1. The van der Waals surface area contributed by atoms with E-state index < -0.39 is 0 Å². The van der Waals surface area contributed by atoms with Crippen LogP contribution in [0.15, 0.2) is 60.8 Å². The highest BCUT2D eigenvalue weighted by Gasteiger charge is 2.24. The molecule has 0 bridgehead atoms. The van der Waals surface area contributed by atoms with Crippen LogP contribution in [-0.2, 0) is 0 Å². The number of rotatable bonds is 6. The zero-order chi connectivity index (χ0) is 21.6. The molecule has 1 fully saturated rings. The molecular formula is C25H29N5O. The van der Waals surface area contributed by atoms with E-state index in [2.05, 4.69) is 51.3 Å². The van der Waals surface area contributed by atoms with E-state index in [0.717, 1.165) is 38.2 Å². The van der Waals surface area contributed by atoms with Crippen molar-refractivity contribution >= 4 is 17.4 Å². The van der Waals surface area contributed by atoms with Crippen molar-refractivity contribution in [3.63, 3.8) is 0 Å². The van der Waals surface area contributed by atoms with Gasteiger partial charge in [0.05, 0.1) is 0 Å². The van der Waals surface area contributed by atoms with Crippen LogP contribution in [0.3, 0.4) is 0 Å². The number of benzene rings is 2. The Morgan fingerprint density at radius 2 is 1.65 bits per heavy atom. The summed E-state index contributed by atoms with van der Waals surface area (Å²) in [6.07, 6.45) is 2.56. The summed E-state index contributed by atoms with van der Waals surface area (Å²) in [4.78, 5) is 26.8. The molecule has 1 aliphatic rings. The molecule has 31 heavy (non-hydrogen) atoms. The third kappa shape index (κ3) is 4.68. The monoisotopic (exact) mass is 415 g/mol. The van der Waals surface area contributed by atoms with Crippen LogP contribution in [0.25, 0.3) is 11.4 Å². The third-order valence-electron chi connectivity index (χ3n) is 5.62. The quantitative estimate of drug-likeness (QED) is 0.661. The minimum absolute atomic E-state index is 0.113. The van der Waals surface area contributed by atoms with Crippen LogP contribution < -0.4 is 15.1 Å². The summed E-state index contributed by atoms with van der Waals surface area (Å²) in [5.74, 6) is 1.24. The predicted molar refractivity (Wildman–Crippen MR) is 126 cm³/mol. The van der Waals surface area contributed by atoms with E-state index in [1.54, 1.807) is 6.20 Å². The van der Waals surface area contributed by atoms with Crippen molar-refractivity contribution in [1.29, 1.82) is 0 Å². The summed E-state index contributed by atoms with van der Waals surface area (Å²) >= 11 is 0. The summed E-state index contributed by atoms with van der Waals surface area (Å²) < 4.78 is 0. The zero-order valence-corrected chi connectivity index (χ0v) is 18.2. The number of carbonyl (C=O) groups excluding carboxylic acids is 1. The highest BCUT2D eigenvalue weighted by molar-refractivity contribution is 5.99. The molecular weight excluding hydrogens is 386 g/mol. The first-order valence-corrected chi connectivity index (χ1v) is 10.9. The first kappa shape index (κ1) is 20.8. The third-order valence-corrected chi connectivity index (χ3v) is 5.62. The largest absolute Gasteiger partial charge is 0.368 e. The maximum atomic E-state index is 12.8. The number of para-hydroxylation sites is 1. The van der Waals surface area contributed by atoms with Gasteiger partial charge < -0.3 is 15.1 Å². The molecule has 160 valence electrons. The predicted octanol–water partition coefficient (Wildman–Crippen LogP) is 3.92. The normalized spacial score (nSPS) is 13.9. The molecule has 0 saturated carbocycles. The Kier molecular flexibility index (Phi) is 6.46. The summed E-state index contributed by atoms with van der Waals surface area (Å²) in [5.41, 5.74) is 4.04. The van der Waals surface area contributed by atoms with Gasteiger partial charge in [-0.1, -0.05) is 55.5 Å². The van der Waals surface area contributed by atoms with Crippen LogP contribution in [0.4, 0.5) is 11.5 Å². The molecule has 2 heterocycles. The van der Waals surface area contributed by atoms with Gasteiger partial charge in [0.2, 0.25) is 0 Å². The van der Waals surface area contributed by atoms with Crippen LogP contribution in [0, 0.1) is 6.92 Å². The summed E-state index contributed by atoms with van der Waals surface area (Å²) in [7, 11) is 0. The molecule has 1 saturated heterocycles. The summed E-state index contributed by atoms with van der Waals surface area (Å²) in [6, 6.07) is 18.4. The van der Waals surface area contributed by atoms with Gasteiger partial charge in [-0.2, -0.15) is 0 Å². The highest BCUT2D eigenvalue weighted by Crippen LogP contribution is 2.26. The molecule has 2 aromatic carbocycles. The summed E-state index contributed by atoms with van der Waals surface area (Å²) in [6.45, 7) is 8.19. The molecule has 0 spiro atoms. The first-order valence-electron chi connectivity index (χ1n) is 10.9. The molecule has 0 aliphatic carbocycles. The topological polar surface area (TPSA) is 61.4 Å². The molecule has 1 aliphatic heterocycles. The maximum absolute atomic E-state index is 12.8. The van der Waals surface area contributed by atoms with E-state index in [4.69, 9.17) is 4.98 Å². The maximum Gasteiger partial charge on any atom is 0.256 e. The fourth-order valence-corrected chi connectivity index (χ4v) is 3.91. The molecule has 0 unspecified atom stereocenters. The molecule has 0 radical (unpaired) electrons. The number of nitrogens with zero attached hydrogens (tertiary/aromatic N) is 4. The Labute approximate surface area is 183 Å². The Hall–Kier alpha value is -3.41. The van der Waals surface area contributed by atoms with Gasteiger partial charge in [0.1, 0.15) is 11.4 Å². The summed E-state index contributed by atoms with van der Waals surface area (Å²) in [5, 5.41) is 2.97. The van der Waals surface area contributed by atoms with Crippen LogP contribution in [0.1, 0.15) is 29.3 Å². The van der Waals surface area contributed by atoms with Gasteiger partial charge >= 0.3 is 0 Å². The van der Waals surface area contributed by atoms with Gasteiger partial charge in [-0.25, -0.2) is 9.97 Å². The van der Waals surface area contributed by atoms with Crippen LogP contribution in [0.2, 0.25) is 0 Å². The van der Waals surface area contributed by atoms with Crippen molar-refractivity contribution in [3.05, 3.63) is 71.9 Å². The smallest absolute Gasteiger partial charge is 0.256 e. The van der Waals surface area contributed by atoms with Crippen LogP contribution in [0.5, 0.6) is 0 Å². The number of aryl methyl sites for hydroxylation is 1. The lowest BCUT2D eigenvalue weighted by Gasteiger charge is -2.38. The fraction of sp³-hybridized carbons (Fsp3) is 0.320. The van der Waals surface area contributed by atoms with Crippen LogP contribution >= 0.6 is 0 Å². The number of amides is 1. The second kappa shape index (κ2) is 9.60. The lowest BCUT2D eigenvalue weighted by atomic mass is 10.1.